The van der Waals surface area contributed by atoms with Crippen molar-refractivity contribution in [2.45, 2.75) is 52.0 Å². The second-order valence-electron chi connectivity index (χ2n) is 6.71. The molecule has 116 valence electrons. The van der Waals surface area contributed by atoms with Crippen molar-refractivity contribution in [1.82, 2.24) is 9.88 Å². The van der Waals surface area contributed by atoms with Crippen molar-refractivity contribution in [3.63, 3.8) is 0 Å². The summed E-state index contributed by atoms with van der Waals surface area (Å²) in [4.78, 5) is 29.8. The van der Waals surface area contributed by atoms with Crippen molar-refractivity contribution in [3.8, 4) is 0 Å². The number of nitrogens with zero attached hydrogens (tertiary/aromatic N) is 2. The molecule has 0 aromatic carbocycles. The van der Waals surface area contributed by atoms with Gasteiger partial charge in [-0.3, -0.25) is 9.59 Å². The molecule has 1 aromatic rings. The highest BCUT2D eigenvalue weighted by molar-refractivity contribution is 7.10. The monoisotopic (exact) mass is 310 g/mol. The average Bonchev–Trinajstić information content (AvgIpc) is 2.87. The van der Waals surface area contributed by atoms with Crippen LogP contribution in [0.2, 0.25) is 0 Å². The number of amides is 1. The van der Waals surface area contributed by atoms with Crippen LogP contribution >= 0.6 is 11.3 Å². The van der Waals surface area contributed by atoms with Crippen LogP contribution in [0.5, 0.6) is 0 Å². The number of carboxylic acids is 1. The van der Waals surface area contributed by atoms with Crippen molar-refractivity contribution < 1.29 is 14.7 Å². The zero-order valence-electron chi connectivity index (χ0n) is 12.9. The lowest BCUT2D eigenvalue weighted by molar-refractivity contribution is -0.143. The van der Waals surface area contributed by atoms with E-state index in [0.29, 0.717) is 12.1 Å². The third kappa shape index (κ3) is 3.43. The number of piperidine rings is 1. The maximum atomic E-state index is 12.6. The summed E-state index contributed by atoms with van der Waals surface area (Å²) in [5.74, 6) is -1.44. The molecule has 1 N–H and O–H groups in total. The summed E-state index contributed by atoms with van der Waals surface area (Å²) in [7, 11) is 0. The highest BCUT2D eigenvalue weighted by atomic mass is 32.1. The van der Waals surface area contributed by atoms with Gasteiger partial charge in [0.1, 0.15) is 5.69 Å². The van der Waals surface area contributed by atoms with E-state index in [1.54, 1.807) is 10.3 Å². The molecule has 1 aromatic heterocycles. The Morgan fingerprint density at radius 3 is 2.57 bits per heavy atom. The van der Waals surface area contributed by atoms with Crippen LogP contribution in [0.3, 0.4) is 0 Å². The van der Waals surface area contributed by atoms with Crippen LogP contribution < -0.4 is 0 Å². The Labute approximate surface area is 129 Å². The van der Waals surface area contributed by atoms with E-state index in [9.17, 15) is 9.59 Å². The van der Waals surface area contributed by atoms with E-state index in [1.807, 2.05) is 6.92 Å². The smallest absolute Gasteiger partial charge is 0.308 e. The molecule has 5 nitrogen and oxygen atoms in total. The second-order valence-corrected chi connectivity index (χ2v) is 7.57. The molecule has 2 unspecified atom stereocenters. The molecule has 2 rings (SSSR count). The fraction of sp³-hybridized carbons (Fsp3) is 0.667. The van der Waals surface area contributed by atoms with E-state index in [-0.39, 0.29) is 23.9 Å². The van der Waals surface area contributed by atoms with Crippen molar-refractivity contribution >= 4 is 23.2 Å². The van der Waals surface area contributed by atoms with Gasteiger partial charge in [0, 0.05) is 23.4 Å². The number of hydrogen-bond donors (Lipinski definition) is 1. The highest BCUT2D eigenvalue weighted by Gasteiger charge is 2.34. The molecule has 0 bridgehead atoms. The van der Waals surface area contributed by atoms with E-state index in [1.165, 1.54) is 11.3 Å². The first-order chi connectivity index (χ1) is 9.70. The molecule has 1 fully saturated rings. The van der Waals surface area contributed by atoms with Crippen LogP contribution in [0.1, 0.15) is 56.0 Å². The topological polar surface area (TPSA) is 70.5 Å². The van der Waals surface area contributed by atoms with E-state index in [0.717, 1.165) is 11.4 Å². The molecule has 1 saturated heterocycles. The number of hydrogen-bond acceptors (Lipinski definition) is 4. The third-order valence-corrected chi connectivity index (χ3v) is 5.13. The predicted octanol–water partition coefficient (Wildman–Crippen LogP) is 2.77. The molecule has 1 aliphatic heterocycles. The number of aliphatic carboxylic acids is 1. The molecule has 6 heteroatoms. The van der Waals surface area contributed by atoms with Gasteiger partial charge in [-0.1, -0.05) is 20.8 Å². The van der Waals surface area contributed by atoms with Gasteiger partial charge in [-0.2, -0.15) is 0 Å². The third-order valence-electron chi connectivity index (χ3n) is 3.86. The average molecular weight is 310 g/mol. The minimum atomic E-state index is -0.826. The Morgan fingerprint density at radius 1 is 1.38 bits per heavy atom. The number of rotatable bonds is 2. The van der Waals surface area contributed by atoms with Crippen LogP contribution in [0.25, 0.3) is 0 Å². The molecule has 21 heavy (non-hydrogen) atoms. The minimum absolute atomic E-state index is 0.0629. The van der Waals surface area contributed by atoms with Crippen LogP contribution in [0.15, 0.2) is 5.38 Å². The Balaban J connectivity index is 2.18. The van der Waals surface area contributed by atoms with Gasteiger partial charge in [0.15, 0.2) is 0 Å². The second kappa shape index (κ2) is 5.75. The molecule has 1 amide bonds. The fourth-order valence-corrected chi connectivity index (χ4v) is 3.34. The number of likely N-dealkylation sites (tertiary alicyclic amines) is 1. The number of carbonyl (C=O) groups excluding carboxylic acids is 1. The standard InChI is InChI=1S/C15H22N2O3S/c1-9-5-6-10(13(19)20)7-17(9)12(18)11-8-21-14(16-11)15(2,3)4/h8-10H,5-7H2,1-4H3,(H,19,20). The Bertz CT molecular complexity index is 547. The highest BCUT2D eigenvalue weighted by Crippen LogP contribution is 2.28. The predicted molar refractivity (Wildman–Crippen MR) is 81.7 cm³/mol. The first-order valence-electron chi connectivity index (χ1n) is 7.20. The lowest BCUT2D eigenvalue weighted by Crippen LogP contribution is -2.47. The summed E-state index contributed by atoms with van der Waals surface area (Å²) in [5, 5.41) is 11.9. The molecule has 2 atom stereocenters. The first-order valence-corrected chi connectivity index (χ1v) is 8.08. The number of carboxylic acid groups (broad SMARTS) is 1. The van der Waals surface area contributed by atoms with Gasteiger partial charge >= 0.3 is 5.97 Å². The lowest BCUT2D eigenvalue weighted by Gasteiger charge is -2.36. The van der Waals surface area contributed by atoms with Crippen LogP contribution in [-0.4, -0.2) is 39.5 Å². The fourth-order valence-electron chi connectivity index (χ4n) is 2.46. The molecular formula is C15H22N2O3S. The van der Waals surface area contributed by atoms with Gasteiger partial charge in [-0.05, 0) is 19.8 Å². The summed E-state index contributed by atoms with van der Waals surface area (Å²) in [6.45, 7) is 8.42. The maximum Gasteiger partial charge on any atom is 0.308 e. The van der Waals surface area contributed by atoms with E-state index in [2.05, 4.69) is 25.8 Å². The van der Waals surface area contributed by atoms with E-state index in [4.69, 9.17) is 5.11 Å². The Hall–Kier alpha value is -1.43. The molecule has 1 aliphatic rings. The zero-order chi connectivity index (χ0) is 15.8. The number of thiazole rings is 1. The molecule has 0 saturated carbocycles. The zero-order valence-corrected chi connectivity index (χ0v) is 13.7. The molecular weight excluding hydrogens is 288 g/mol. The summed E-state index contributed by atoms with van der Waals surface area (Å²) in [6.07, 6.45) is 1.35. The van der Waals surface area contributed by atoms with Crippen molar-refractivity contribution in [3.05, 3.63) is 16.1 Å². The summed E-state index contributed by atoms with van der Waals surface area (Å²) in [6, 6.07) is 0.0629. The number of carbonyl (C=O) groups is 2. The van der Waals surface area contributed by atoms with Gasteiger partial charge in [-0.25, -0.2) is 4.98 Å². The lowest BCUT2D eigenvalue weighted by atomic mass is 9.93. The van der Waals surface area contributed by atoms with Crippen molar-refractivity contribution in [2.24, 2.45) is 5.92 Å². The van der Waals surface area contributed by atoms with Gasteiger partial charge in [0.2, 0.25) is 0 Å². The van der Waals surface area contributed by atoms with Crippen LogP contribution in [0.4, 0.5) is 0 Å². The van der Waals surface area contributed by atoms with Gasteiger partial charge in [0.05, 0.1) is 10.9 Å². The summed E-state index contributed by atoms with van der Waals surface area (Å²) in [5.41, 5.74) is 0.350. The summed E-state index contributed by atoms with van der Waals surface area (Å²) < 4.78 is 0. The van der Waals surface area contributed by atoms with Crippen molar-refractivity contribution in [2.75, 3.05) is 6.54 Å². The van der Waals surface area contributed by atoms with Crippen LogP contribution in [-0.2, 0) is 10.2 Å². The normalized spacial score (nSPS) is 23.1. The molecule has 0 radical (unpaired) electrons. The Morgan fingerprint density at radius 2 is 2.05 bits per heavy atom. The van der Waals surface area contributed by atoms with Crippen LogP contribution in [0, 0.1) is 5.92 Å². The maximum absolute atomic E-state index is 12.6. The molecule has 2 heterocycles. The van der Waals surface area contributed by atoms with Gasteiger partial charge in [-0.15, -0.1) is 11.3 Å². The molecule has 0 spiro atoms. The number of aromatic nitrogens is 1. The quantitative estimate of drug-likeness (QED) is 0.912. The minimum Gasteiger partial charge on any atom is -0.481 e. The first kappa shape index (κ1) is 15.9. The van der Waals surface area contributed by atoms with E-state index < -0.39 is 11.9 Å². The SMILES string of the molecule is CC1CCC(C(=O)O)CN1C(=O)c1csc(C(C)(C)C)n1. The Kier molecular flexibility index (Phi) is 4.37. The largest absolute Gasteiger partial charge is 0.481 e. The van der Waals surface area contributed by atoms with Crippen molar-refractivity contribution in [1.29, 1.82) is 0 Å². The molecule has 0 aliphatic carbocycles. The van der Waals surface area contributed by atoms with Gasteiger partial charge < -0.3 is 10.0 Å². The van der Waals surface area contributed by atoms with E-state index >= 15 is 0 Å². The van der Waals surface area contributed by atoms with Gasteiger partial charge in [0.25, 0.3) is 5.91 Å². The summed E-state index contributed by atoms with van der Waals surface area (Å²) >= 11 is 1.48.